The minimum absolute atomic E-state index is 0. The van der Waals surface area contributed by atoms with E-state index in [9.17, 15) is 4.79 Å². The first-order valence-electron chi connectivity index (χ1n) is 5.43. The zero-order valence-corrected chi connectivity index (χ0v) is 12.8. The maximum absolute atomic E-state index is 11.1. The van der Waals surface area contributed by atoms with Crippen LogP contribution in [-0.2, 0) is 0 Å². The molecule has 2 heterocycles. The average Bonchev–Trinajstić information content (AvgIpc) is 2.33. The normalized spacial score (nSPS) is 16.3. The highest BCUT2D eigenvalue weighted by Crippen LogP contribution is 2.33. The van der Waals surface area contributed by atoms with Gasteiger partial charge in [-0.3, -0.25) is 4.79 Å². The van der Waals surface area contributed by atoms with Crippen molar-refractivity contribution in [3.8, 4) is 0 Å². The topological polar surface area (TPSA) is 59.2 Å². The van der Waals surface area contributed by atoms with E-state index in [0.29, 0.717) is 5.56 Å². The number of aromatic nitrogens is 1. The summed E-state index contributed by atoms with van der Waals surface area (Å²) in [5.41, 5.74) is 7.13. The van der Waals surface area contributed by atoms with E-state index in [-0.39, 0.29) is 23.6 Å². The predicted molar refractivity (Wildman–Crippen MR) is 79.0 cm³/mol. The van der Waals surface area contributed by atoms with Crippen LogP contribution >= 0.6 is 39.9 Å². The number of halogens is 3. The molecule has 0 aromatic carbocycles. The van der Waals surface area contributed by atoms with Gasteiger partial charge in [-0.2, -0.15) is 0 Å². The van der Waals surface area contributed by atoms with E-state index in [2.05, 4.69) is 25.8 Å². The summed E-state index contributed by atoms with van der Waals surface area (Å²) in [7, 11) is 0. The van der Waals surface area contributed by atoms with Crippen LogP contribution in [0.1, 0.15) is 23.2 Å². The number of carbonyl (C=O) groups is 1. The molecular formula is C11H14BrCl2N3O. The third-order valence-electron chi connectivity index (χ3n) is 2.97. The number of rotatable bonds is 2. The lowest BCUT2D eigenvalue weighted by Gasteiger charge is -2.33. The minimum atomic E-state index is 0. The molecule has 0 spiro atoms. The molecule has 1 aromatic rings. The maximum Gasteiger partial charge on any atom is 0.155 e. The number of anilines is 1. The van der Waals surface area contributed by atoms with Gasteiger partial charge in [-0.25, -0.2) is 4.98 Å². The highest BCUT2D eigenvalue weighted by atomic mass is 79.9. The zero-order valence-electron chi connectivity index (χ0n) is 9.60. The molecule has 4 nitrogen and oxygen atoms in total. The van der Waals surface area contributed by atoms with Gasteiger partial charge in [0, 0.05) is 25.3 Å². The number of piperidine rings is 1. The first-order valence-corrected chi connectivity index (χ1v) is 6.60. The van der Waals surface area contributed by atoms with Crippen LogP contribution < -0.4 is 10.6 Å². The third-order valence-corrected chi connectivity index (χ3v) is 3.85. The van der Waals surface area contributed by atoms with E-state index >= 15 is 0 Å². The van der Waals surface area contributed by atoms with Crippen molar-refractivity contribution in [2.45, 2.75) is 18.9 Å². The van der Waals surface area contributed by atoms with Crippen LogP contribution in [0.5, 0.6) is 0 Å². The molecule has 1 aliphatic heterocycles. The van der Waals surface area contributed by atoms with Crippen LogP contribution in [0.25, 0.3) is 0 Å². The van der Waals surface area contributed by atoms with Crippen molar-refractivity contribution in [2.75, 3.05) is 18.0 Å². The Labute approximate surface area is 125 Å². The van der Waals surface area contributed by atoms with Gasteiger partial charge >= 0.3 is 0 Å². The fraction of sp³-hybridized carbons (Fsp3) is 0.455. The van der Waals surface area contributed by atoms with Crippen molar-refractivity contribution in [3.63, 3.8) is 0 Å². The largest absolute Gasteiger partial charge is 0.370 e. The lowest BCUT2D eigenvalue weighted by Crippen LogP contribution is -2.40. The van der Waals surface area contributed by atoms with Gasteiger partial charge in [0.2, 0.25) is 0 Å². The fourth-order valence-electron chi connectivity index (χ4n) is 2.02. The number of pyridine rings is 1. The lowest BCUT2D eigenvalue weighted by atomic mass is 10.0. The molecule has 1 fully saturated rings. The Morgan fingerprint density at radius 2 is 2.11 bits per heavy atom. The first-order chi connectivity index (χ1) is 8.13. The standard InChI is InChI=1S/C11H13BrClN3O.ClH/c12-9-5-15-11(13)8(6-17)10(9)16-3-1-7(14)2-4-16;/h5-7H,1-4,14H2;1H. The summed E-state index contributed by atoms with van der Waals surface area (Å²) in [6.45, 7) is 1.67. The second-order valence-electron chi connectivity index (χ2n) is 4.10. The smallest absolute Gasteiger partial charge is 0.155 e. The number of aldehydes is 1. The van der Waals surface area contributed by atoms with Gasteiger partial charge in [-0.15, -0.1) is 12.4 Å². The van der Waals surface area contributed by atoms with E-state index in [0.717, 1.165) is 42.4 Å². The minimum Gasteiger partial charge on any atom is -0.370 e. The lowest BCUT2D eigenvalue weighted by molar-refractivity contribution is 0.112. The first kappa shape index (κ1) is 15.7. The molecule has 7 heteroatoms. The number of hydrogen-bond acceptors (Lipinski definition) is 4. The number of carbonyl (C=O) groups excluding carboxylic acids is 1. The molecule has 0 aliphatic carbocycles. The van der Waals surface area contributed by atoms with Gasteiger partial charge in [0.15, 0.2) is 6.29 Å². The summed E-state index contributed by atoms with van der Waals surface area (Å²) >= 11 is 9.35. The number of nitrogens with zero attached hydrogens (tertiary/aromatic N) is 2. The monoisotopic (exact) mass is 353 g/mol. The van der Waals surface area contributed by atoms with Crippen molar-refractivity contribution < 1.29 is 4.79 Å². The number of nitrogens with two attached hydrogens (primary N) is 1. The van der Waals surface area contributed by atoms with Crippen LogP contribution in [0.2, 0.25) is 5.15 Å². The van der Waals surface area contributed by atoms with Crippen molar-refractivity contribution in [1.82, 2.24) is 4.98 Å². The Bertz CT molecular complexity index is 437. The molecule has 0 amide bonds. The molecule has 0 atom stereocenters. The van der Waals surface area contributed by atoms with E-state index in [1.165, 1.54) is 0 Å². The molecular weight excluding hydrogens is 341 g/mol. The second kappa shape index (κ2) is 6.70. The predicted octanol–water partition coefficient (Wildman–Crippen LogP) is 2.66. The SMILES string of the molecule is Cl.NC1CCN(c2c(Br)cnc(Cl)c2C=O)CC1. The van der Waals surface area contributed by atoms with Crippen LogP contribution in [0, 0.1) is 0 Å². The molecule has 2 N–H and O–H groups in total. The molecule has 1 aliphatic rings. The molecule has 2 rings (SSSR count). The Balaban J connectivity index is 0.00000162. The summed E-state index contributed by atoms with van der Waals surface area (Å²) in [6.07, 6.45) is 4.22. The van der Waals surface area contributed by atoms with Crippen molar-refractivity contribution >= 4 is 51.9 Å². The fourth-order valence-corrected chi connectivity index (χ4v) is 2.77. The third kappa shape index (κ3) is 3.15. The van der Waals surface area contributed by atoms with E-state index in [1.807, 2.05) is 0 Å². The van der Waals surface area contributed by atoms with Gasteiger partial charge in [0.05, 0.1) is 15.7 Å². The molecule has 0 bridgehead atoms. The summed E-state index contributed by atoms with van der Waals surface area (Å²) in [6, 6.07) is 0.252. The molecule has 0 saturated carbocycles. The van der Waals surface area contributed by atoms with E-state index < -0.39 is 0 Å². The van der Waals surface area contributed by atoms with E-state index in [1.54, 1.807) is 6.20 Å². The summed E-state index contributed by atoms with van der Waals surface area (Å²) in [5.74, 6) is 0. The van der Waals surface area contributed by atoms with Gasteiger partial charge in [-0.1, -0.05) is 11.6 Å². The van der Waals surface area contributed by atoms with Crippen molar-refractivity contribution in [3.05, 3.63) is 21.4 Å². The summed E-state index contributed by atoms with van der Waals surface area (Å²) in [5, 5.41) is 0.244. The van der Waals surface area contributed by atoms with Crippen molar-refractivity contribution in [2.24, 2.45) is 5.73 Å². The summed E-state index contributed by atoms with van der Waals surface area (Å²) < 4.78 is 0.791. The Morgan fingerprint density at radius 1 is 1.50 bits per heavy atom. The van der Waals surface area contributed by atoms with Crippen LogP contribution in [0.3, 0.4) is 0 Å². The van der Waals surface area contributed by atoms with Crippen LogP contribution in [0.15, 0.2) is 10.7 Å². The van der Waals surface area contributed by atoms with Gasteiger partial charge in [-0.05, 0) is 28.8 Å². The molecule has 0 unspecified atom stereocenters. The number of hydrogen-bond donors (Lipinski definition) is 1. The van der Waals surface area contributed by atoms with Crippen LogP contribution in [0.4, 0.5) is 5.69 Å². The molecule has 1 saturated heterocycles. The Morgan fingerprint density at radius 3 is 2.67 bits per heavy atom. The van der Waals surface area contributed by atoms with Gasteiger partial charge in [0.1, 0.15) is 5.15 Å². The van der Waals surface area contributed by atoms with Crippen molar-refractivity contribution in [1.29, 1.82) is 0 Å². The highest BCUT2D eigenvalue weighted by molar-refractivity contribution is 9.10. The second-order valence-corrected chi connectivity index (χ2v) is 5.31. The maximum atomic E-state index is 11.1. The quantitative estimate of drug-likeness (QED) is 0.655. The highest BCUT2D eigenvalue weighted by Gasteiger charge is 2.22. The molecule has 0 radical (unpaired) electrons. The van der Waals surface area contributed by atoms with Gasteiger partial charge < -0.3 is 10.6 Å². The molecule has 1 aromatic heterocycles. The van der Waals surface area contributed by atoms with Gasteiger partial charge in [0.25, 0.3) is 0 Å². The summed E-state index contributed by atoms with van der Waals surface area (Å²) in [4.78, 5) is 17.2. The molecule has 100 valence electrons. The van der Waals surface area contributed by atoms with Crippen LogP contribution in [-0.4, -0.2) is 30.4 Å². The Kier molecular flexibility index (Phi) is 5.85. The van der Waals surface area contributed by atoms with E-state index in [4.69, 9.17) is 17.3 Å². The average molecular weight is 355 g/mol. The Hall–Kier alpha value is -0.360. The zero-order chi connectivity index (χ0) is 12.4. The molecule has 18 heavy (non-hydrogen) atoms.